The van der Waals surface area contributed by atoms with E-state index in [0.717, 1.165) is 10.0 Å². The Bertz CT molecular complexity index is 622. The van der Waals surface area contributed by atoms with Crippen LogP contribution in [0.25, 0.3) is 0 Å². The first-order valence-electron chi connectivity index (χ1n) is 5.90. The van der Waals surface area contributed by atoms with Crippen LogP contribution in [0.15, 0.2) is 34.9 Å². The number of aryl methyl sites for hydroxylation is 1. The van der Waals surface area contributed by atoms with E-state index in [-0.39, 0.29) is 18.4 Å². The van der Waals surface area contributed by atoms with Crippen molar-refractivity contribution in [2.75, 3.05) is 11.9 Å². The van der Waals surface area contributed by atoms with E-state index in [1.165, 1.54) is 0 Å². The molecule has 0 spiro atoms. The second-order valence-electron chi connectivity index (χ2n) is 4.17. The van der Waals surface area contributed by atoms with E-state index >= 15 is 0 Å². The number of hydrogen-bond donors (Lipinski definition) is 3. The maximum atomic E-state index is 11.8. The third kappa shape index (κ3) is 3.67. The Morgan fingerprint density at radius 2 is 2.00 bits per heavy atom. The van der Waals surface area contributed by atoms with E-state index in [0.29, 0.717) is 11.4 Å². The number of amides is 2. The predicted molar refractivity (Wildman–Crippen MR) is 78.4 cm³/mol. The lowest BCUT2D eigenvalue weighted by Crippen LogP contribution is -2.33. The van der Waals surface area contributed by atoms with E-state index in [9.17, 15) is 9.59 Å². The maximum Gasteiger partial charge on any atom is 0.251 e. The summed E-state index contributed by atoms with van der Waals surface area (Å²) in [5.74, 6) is -0.0790. The van der Waals surface area contributed by atoms with Crippen molar-refractivity contribution < 1.29 is 9.59 Å². The average Bonchev–Trinajstić information content (AvgIpc) is 2.82. The molecule has 2 rings (SSSR count). The molecule has 3 N–H and O–H groups in total. The number of halogens is 1. The fourth-order valence-corrected chi connectivity index (χ4v) is 1.78. The van der Waals surface area contributed by atoms with Crippen LogP contribution in [0, 0.1) is 6.92 Å². The van der Waals surface area contributed by atoms with Gasteiger partial charge in [0.05, 0.1) is 12.7 Å². The number of aromatic amines is 1. The van der Waals surface area contributed by atoms with Gasteiger partial charge in [0.2, 0.25) is 5.91 Å². The first-order valence-corrected chi connectivity index (χ1v) is 6.69. The highest BCUT2D eigenvalue weighted by atomic mass is 79.9. The summed E-state index contributed by atoms with van der Waals surface area (Å²) in [6, 6.07) is 6.89. The van der Waals surface area contributed by atoms with E-state index in [4.69, 9.17) is 0 Å². The van der Waals surface area contributed by atoms with Crippen LogP contribution in [0.3, 0.4) is 0 Å². The minimum atomic E-state index is -0.317. The summed E-state index contributed by atoms with van der Waals surface area (Å²) in [4.78, 5) is 23.5. The molecular formula is C13H13BrN4O2. The largest absolute Gasteiger partial charge is 0.343 e. The Morgan fingerprint density at radius 1 is 1.30 bits per heavy atom. The number of aromatic nitrogens is 2. The Morgan fingerprint density at radius 3 is 2.60 bits per heavy atom. The lowest BCUT2D eigenvalue weighted by molar-refractivity contribution is -0.115. The Labute approximate surface area is 124 Å². The van der Waals surface area contributed by atoms with E-state index < -0.39 is 0 Å². The van der Waals surface area contributed by atoms with Crippen molar-refractivity contribution >= 4 is 33.6 Å². The van der Waals surface area contributed by atoms with Crippen LogP contribution in [-0.2, 0) is 4.79 Å². The number of benzene rings is 1. The second kappa shape index (κ2) is 6.33. The van der Waals surface area contributed by atoms with Crippen LogP contribution >= 0.6 is 15.9 Å². The summed E-state index contributed by atoms with van der Waals surface area (Å²) < 4.78 is 0.890. The fraction of sp³-hybridized carbons (Fsp3) is 0.154. The SMILES string of the molecule is Cc1cn[nH]c1NC(=O)CNC(=O)c1ccc(Br)cc1. The molecule has 20 heavy (non-hydrogen) atoms. The van der Waals surface area contributed by atoms with Gasteiger partial charge >= 0.3 is 0 Å². The van der Waals surface area contributed by atoms with E-state index in [1.807, 2.05) is 6.92 Å². The molecule has 0 bridgehead atoms. The molecule has 0 atom stereocenters. The number of carbonyl (C=O) groups is 2. The summed E-state index contributed by atoms with van der Waals surface area (Å²) in [6.45, 7) is 1.72. The van der Waals surface area contributed by atoms with Gasteiger partial charge in [-0.25, -0.2) is 0 Å². The molecule has 1 aromatic heterocycles. The Hall–Kier alpha value is -2.15. The number of anilines is 1. The van der Waals surface area contributed by atoms with Crippen molar-refractivity contribution in [3.8, 4) is 0 Å². The van der Waals surface area contributed by atoms with Crippen LogP contribution in [0.4, 0.5) is 5.82 Å². The smallest absolute Gasteiger partial charge is 0.251 e. The van der Waals surface area contributed by atoms with Gasteiger partial charge in [0.25, 0.3) is 5.91 Å². The second-order valence-corrected chi connectivity index (χ2v) is 5.08. The van der Waals surface area contributed by atoms with Crippen molar-refractivity contribution in [2.45, 2.75) is 6.92 Å². The molecule has 1 aromatic carbocycles. The molecule has 0 saturated carbocycles. The average molecular weight is 337 g/mol. The number of hydrogen-bond acceptors (Lipinski definition) is 3. The first-order chi connectivity index (χ1) is 9.56. The molecule has 0 radical (unpaired) electrons. The first kappa shape index (κ1) is 14.3. The molecule has 104 valence electrons. The summed E-state index contributed by atoms with van der Waals surface area (Å²) >= 11 is 3.29. The lowest BCUT2D eigenvalue weighted by Gasteiger charge is -2.06. The van der Waals surface area contributed by atoms with Crippen molar-refractivity contribution in [3.05, 3.63) is 46.1 Å². The number of nitrogens with zero attached hydrogens (tertiary/aromatic N) is 1. The van der Waals surface area contributed by atoms with Gasteiger partial charge in [-0.15, -0.1) is 0 Å². The van der Waals surface area contributed by atoms with Gasteiger partial charge in [-0.2, -0.15) is 5.10 Å². The molecule has 0 aliphatic carbocycles. The van der Waals surface area contributed by atoms with Crippen molar-refractivity contribution in [1.29, 1.82) is 0 Å². The molecule has 0 aliphatic heterocycles. The lowest BCUT2D eigenvalue weighted by atomic mass is 10.2. The van der Waals surface area contributed by atoms with Crippen LogP contribution in [-0.4, -0.2) is 28.6 Å². The zero-order valence-corrected chi connectivity index (χ0v) is 12.3. The van der Waals surface area contributed by atoms with Gasteiger partial charge in [0.15, 0.2) is 0 Å². The topological polar surface area (TPSA) is 86.9 Å². The minimum Gasteiger partial charge on any atom is -0.343 e. The summed E-state index contributed by atoms with van der Waals surface area (Å²) in [5.41, 5.74) is 1.33. The number of H-pyrrole nitrogens is 1. The maximum absolute atomic E-state index is 11.8. The molecule has 0 unspecified atom stereocenters. The molecule has 1 heterocycles. The van der Waals surface area contributed by atoms with Crippen LogP contribution < -0.4 is 10.6 Å². The molecule has 7 heteroatoms. The Balaban J connectivity index is 1.85. The van der Waals surface area contributed by atoms with Crippen LogP contribution in [0.5, 0.6) is 0 Å². The highest BCUT2D eigenvalue weighted by Gasteiger charge is 2.09. The van der Waals surface area contributed by atoms with Gasteiger partial charge in [0, 0.05) is 15.6 Å². The monoisotopic (exact) mass is 336 g/mol. The fourth-order valence-electron chi connectivity index (χ4n) is 1.52. The Kier molecular flexibility index (Phi) is 4.52. The molecule has 2 aromatic rings. The van der Waals surface area contributed by atoms with Crippen LogP contribution in [0.1, 0.15) is 15.9 Å². The molecular weight excluding hydrogens is 324 g/mol. The molecule has 2 amide bonds. The van der Waals surface area contributed by atoms with Gasteiger partial charge in [0.1, 0.15) is 5.82 Å². The summed E-state index contributed by atoms with van der Waals surface area (Å²) in [5, 5.41) is 11.6. The van der Waals surface area contributed by atoms with Crippen LogP contribution in [0.2, 0.25) is 0 Å². The quantitative estimate of drug-likeness (QED) is 0.796. The molecule has 0 saturated heterocycles. The van der Waals surface area contributed by atoms with Crippen molar-refractivity contribution in [3.63, 3.8) is 0 Å². The normalized spacial score (nSPS) is 10.1. The standard InChI is InChI=1S/C13H13BrN4O2/c1-8-6-16-18-12(8)17-11(19)7-15-13(20)9-2-4-10(14)5-3-9/h2-6H,7H2,1H3,(H,15,20)(H2,16,17,18,19). The molecule has 0 aliphatic rings. The van der Waals surface area contributed by atoms with Crippen molar-refractivity contribution in [1.82, 2.24) is 15.5 Å². The third-order valence-corrected chi connectivity index (χ3v) is 3.14. The number of nitrogens with one attached hydrogen (secondary N) is 3. The molecule has 0 fully saturated rings. The third-order valence-electron chi connectivity index (χ3n) is 2.61. The predicted octanol–water partition coefficient (Wildman–Crippen LogP) is 1.85. The highest BCUT2D eigenvalue weighted by molar-refractivity contribution is 9.10. The zero-order chi connectivity index (χ0) is 14.5. The number of rotatable bonds is 4. The van der Waals surface area contributed by atoms with Crippen molar-refractivity contribution in [2.24, 2.45) is 0 Å². The number of carbonyl (C=O) groups excluding carboxylic acids is 2. The van der Waals surface area contributed by atoms with Gasteiger partial charge in [-0.1, -0.05) is 15.9 Å². The van der Waals surface area contributed by atoms with Gasteiger partial charge in [-0.05, 0) is 31.2 Å². The summed E-state index contributed by atoms with van der Waals surface area (Å²) in [7, 11) is 0. The van der Waals surface area contributed by atoms with Gasteiger partial charge < -0.3 is 10.6 Å². The van der Waals surface area contributed by atoms with Gasteiger partial charge in [-0.3, -0.25) is 14.7 Å². The highest BCUT2D eigenvalue weighted by Crippen LogP contribution is 2.10. The summed E-state index contributed by atoms with van der Waals surface area (Å²) in [6.07, 6.45) is 1.61. The zero-order valence-electron chi connectivity index (χ0n) is 10.7. The van der Waals surface area contributed by atoms with E-state index in [1.54, 1.807) is 30.5 Å². The van der Waals surface area contributed by atoms with E-state index in [2.05, 4.69) is 36.8 Å². The minimum absolute atomic E-state index is 0.104. The molecule has 6 nitrogen and oxygen atoms in total.